The van der Waals surface area contributed by atoms with Crippen LogP contribution in [-0.2, 0) is 7.05 Å². The SMILES string of the molecule is [2H]c1c(C)[n+](C)c(-c2cc(C)cc(C)c2C)c2cc(F)c(C3CCCC3)cc12. The standard InChI is InChI=1S/C25H29FN/c1-15-10-16(2)18(4)21(11-15)25-23-14-24(26)22(19-8-6-7-9-19)13-20(23)12-17(3)27(25)5/h10-14,19H,6-9H2,1-5H3/q+1/i12D. The Hall–Kier alpha value is -2.22. The summed E-state index contributed by atoms with van der Waals surface area (Å²) in [5.74, 6) is 0.176. The Balaban J connectivity index is 2.08. The quantitative estimate of drug-likeness (QED) is 0.466. The topological polar surface area (TPSA) is 3.88 Å². The maximum absolute atomic E-state index is 15.2. The van der Waals surface area contributed by atoms with Crippen LogP contribution in [0, 0.1) is 33.5 Å². The molecule has 2 heteroatoms. The zero-order valence-electron chi connectivity index (χ0n) is 18.0. The van der Waals surface area contributed by atoms with E-state index in [1.165, 1.54) is 29.5 Å². The van der Waals surface area contributed by atoms with Crippen LogP contribution in [0.25, 0.3) is 22.0 Å². The average Bonchev–Trinajstić information content (AvgIpc) is 3.18. The van der Waals surface area contributed by atoms with Crippen LogP contribution in [0.5, 0.6) is 0 Å². The number of fused-ring (bicyclic) bond motifs is 1. The first kappa shape index (κ1) is 16.9. The van der Waals surface area contributed by atoms with Crippen molar-refractivity contribution >= 4 is 10.8 Å². The summed E-state index contributed by atoms with van der Waals surface area (Å²) in [4.78, 5) is 0. The van der Waals surface area contributed by atoms with Crippen molar-refractivity contribution in [1.82, 2.24) is 0 Å². The molecule has 1 aromatic heterocycles. The highest BCUT2D eigenvalue weighted by atomic mass is 19.1. The molecular weight excluding hydrogens is 333 g/mol. The van der Waals surface area contributed by atoms with Gasteiger partial charge in [-0.05, 0) is 79.8 Å². The van der Waals surface area contributed by atoms with Crippen molar-refractivity contribution in [3.05, 3.63) is 64.1 Å². The Morgan fingerprint density at radius 1 is 1.04 bits per heavy atom. The predicted octanol–water partition coefficient (Wildman–Crippen LogP) is 6.36. The molecule has 0 spiro atoms. The van der Waals surface area contributed by atoms with E-state index in [4.69, 9.17) is 1.37 Å². The monoisotopic (exact) mass is 363 g/mol. The van der Waals surface area contributed by atoms with E-state index in [1.807, 2.05) is 20.0 Å². The van der Waals surface area contributed by atoms with Crippen molar-refractivity contribution in [3.63, 3.8) is 0 Å². The number of hydrogen-bond donors (Lipinski definition) is 0. The Kier molecular flexibility index (Phi) is 4.22. The molecule has 1 nitrogen and oxygen atoms in total. The Labute approximate surface area is 163 Å². The van der Waals surface area contributed by atoms with Crippen molar-refractivity contribution in [3.8, 4) is 11.3 Å². The fraction of sp³-hybridized carbons (Fsp3) is 0.400. The van der Waals surface area contributed by atoms with E-state index in [1.54, 1.807) is 6.07 Å². The Morgan fingerprint density at radius 3 is 2.44 bits per heavy atom. The van der Waals surface area contributed by atoms with Crippen molar-refractivity contribution in [2.24, 2.45) is 7.05 Å². The third kappa shape index (κ3) is 3.05. The van der Waals surface area contributed by atoms with Gasteiger partial charge in [0.1, 0.15) is 12.9 Å². The number of benzene rings is 2. The molecule has 4 rings (SSSR count). The van der Waals surface area contributed by atoms with Crippen LogP contribution >= 0.6 is 0 Å². The second-order valence-electron chi connectivity index (χ2n) is 8.27. The molecule has 0 atom stereocenters. The first-order valence-electron chi connectivity index (χ1n) is 10.5. The molecule has 1 saturated carbocycles. The molecule has 0 bridgehead atoms. The van der Waals surface area contributed by atoms with Crippen LogP contribution in [0.3, 0.4) is 0 Å². The molecule has 0 aliphatic heterocycles. The fourth-order valence-corrected chi connectivity index (χ4v) is 4.68. The number of rotatable bonds is 2. The van der Waals surface area contributed by atoms with Gasteiger partial charge < -0.3 is 0 Å². The van der Waals surface area contributed by atoms with E-state index < -0.39 is 0 Å². The van der Waals surface area contributed by atoms with Crippen LogP contribution < -0.4 is 4.57 Å². The molecule has 0 radical (unpaired) electrons. The van der Waals surface area contributed by atoms with Gasteiger partial charge in [0.2, 0.25) is 5.69 Å². The molecule has 1 fully saturated rings. The summed E-state index contributed by atoms with van der Waals surface area (Å²) >= 11 is 0. The largest absolute Gasteiger partial charge is 0.220 e. The number of hydrogen-bond acceptors (Lipinski definition) is 0. The smallest absolute Gasteiger partial charge is 0.207 e. The van der Waals surface area contributed by atoms with E-state index in [2.05, 4.69) is 37.5 Å². The Morgan fingerprint density at radius 2 is 1.74 bits per heavy atom. The lowest BCUT2D eigenvalue weighted by atomic mass is 9.91. The summed E-state index contributed by atoms with van der Waals surface area (Å²) in [6, 6.07) is 8.53. The van der Waals surface area contributed by atoms with Crippen LogP contribution in [0.2, 0.25) is 0 Å². The molecule has 1 aliphatic rings. The highest BCUT2D eigenvalue weighted by molar-refractivity contribution is 5.94. The third-order valence-corrected chi connectivity index (χ3v) is 6.41. The highest BCUT2D eigenvalue weighted by Gasteiger charge is 2.25. The minimum absolute atomic E-state index is 0.120. The van der Waals surface area contributed by atoms with Crippen LogP contribution in [0.4, 0.5) is 4.39 Å². The van der Waals surface area contributed by atoms with Crippen molar-refractivity contribution in [2.75, 3.05) is 0 Å². The molecule has 0 amide bonds. The van der Waals surface area contributed by atoms with Gasteiger partial charge in [0.05, 0.1) is 12.3 Å². The first-order valence-corrected chi connectivity index (χ1v) is 10.00. The third-order valence-electron chi connectivity index (χ3n) is 6.41. The summed E-state index contributed by atoms with van der Waals surface area (Å²) in [5.41, 5.74) is 7.48. The number of aryl methyl sites for hydroxylation is 2. The molecule has 3 aromatic rings. The minimum atomic E-state index is -0.120. The van der Waals surface area contributed by atoms with E-state index in [9.17, 15) is 0 Å². The van der Waals surface area contributed by atoms with Crippen LogP contribution in [-0.4, -0.2) is 0 Å². The molecule has 1 heterocycles. The molecule has 0 saturated heterocycles. The fourth-order valence-electron chi connectivity index (χ4n) is 4.68. The van der Waals surface area contributed by atoms with E-state index in [0.717, 1.165) is 46.1 Å². The molecule has 27 heavy (non-hydrogen) atoms. The number of nitrogens with zero attached hydrogens (tertiary/aromatic N) is 1. The molecule has 2 aromatic carbocycles. The van der Waals surface area contributed by atoms with E-state index >= 15 is 4.39 Å². The van der Waals surface area contributed by atoms with Crippen molar-refractivity contribution in [1.29, 1.82) is 0 Å². The number of aromatic nitrogens is 1. The first-order chi connectivity index (χ1) is 13.3. The van der Waals surface area contributed by atoms with Gasteiger partial charge in [0, 0.05) is 13.0 Å². The normalized spacial score (nSPS) is 15.6. The van der Waals surface area contributed by atoms with Gasteiger partial charge in [-0.25, -0.2) is 4.39 Å². The van der Waals surface area contributed by atoms with Gasteiger partial charge in [-0.2, -0.15) is 4.57 Å². The van der Waals surface area contributed by atoms with Crippen molar-refractivity contribution in [2.45, 2.75) is 59.3 Å². The van der Waals surface area contributed by atoms with Gasteiger partial charge in [-0.3, -0.25) is 0 Å². The summed E-state index contributed by atoms with van der Waals surface area (Å²) in [7, 11) is 1.99. The predicted molar refractivity (Wildman–Crippen MR) is 111 cm³/mol. The lowest BCUT2D eigenvalue weighted by Gasteiger charge is -2.16. The van der Waals surface area contributed by atoms with E-state index in [-0.39, 0.29) is 5.82 Å². The Bertz CT molecular complexity index is 1090. The lowest BCUT2D eigenvalue weighted by molar-refractivity contribution is -0.665. The van der Waals surface area contributed by atoms with E-state index in [0.29, 0.717) is 12.0 Å². The van der Waals surface area contributed by atoms with Crippen LogP contribution in [0.15, 0.2) is 30.3 Å². The highest BCUT2D eigenvalue weighted by Crippen LogP contribution is 2.39. The van der Waals surface area contributed by atoms with Gasteiger partial charge in [0.25, 0.3) is 0 Å². The maximum Gasteiger partial charge on any atom is 0.220 e. The summed E-state index contributed by atoms with van der Waals surface area (Å²) < 4.78 is 26.0. The average molecular weight is 364 g/mol. The molecular formula is C25H29FN+. The summed E-state index contributed by atoms with van der Waals surface area (Å²) in [5, 5.41) is 1.71. The summed E-state index contributed by atoms with van der Waals surface area (Å²) in [6.07, 6.45) is 4.45. The lowest BCUT2D eigenvalue weighted by Crippen LogP contribution is -2.35. The van der Waals surface area contributed by atoms with Crippen LogP contribution in [0.1, 0.15) is 60.9 Å². The van der Waals surface area contributed by atoms with Gasteiger partial charge >= 0.3 is 0 Å². The molecule has 140 valence electrons. The summed E-state index contributed by atoms with van der Waals surface area (Å²) in [6.45, 7) is 8.34. The minimum Gasteiger partial charge on any atom is -0.207 e. The second kappa shape index (κ2) is 6.74. The van der Waals surface area contributed by atoms with Gasteiger partial charge in [-0.1, -0.05) is 24.5 Å². The maximum atomic E-state index is 15.2. The zero-order valence-corrected chi connectivity index (χ0v) is 17.0. The van der Waals surface area contributed by atoms with Crippen molar-refractivity contribution < 1.29 is 10.3 Å². The molecule has 0 unspecified atom stereocenters. The van der Waals surface area contributed by atoms with Gasteiger partial charge in [-0.15, -0.1) is 0 Å². The second-order valence-corrected chi connectivity index (χ2v) is 8.27. The molecule has 1 aliphatic carbocycles. The van der Waals surface area contributed by atoms with Gasteiger partial charge in [0.15, 0.2) is 5.69 Å². The number of pyridine rings is 1. The number of halogens is 1. The molecule has 0 N–H and O–H groups in total. The zero-order chi connectivity index (χ0) is 20.2.